The molecule has 98 valence electrons. The number of nitrogens with one attached hydrogen (secondary N) is 1. The Balaban J connectivity index is 1.93. The first-order chi connectivity index (χ1) is 8.45. The van der Waals surface area contributed by atoms with E-state index in [4.69, 9.17) is 4.74 Å². The van der Waals surface area contributed by atoms with Crippen LogP contribution >= 0.6 is 0 Å². The standard InChI is InChI=1S/C13H14F3NO/c1-7-4-11-12(17-6-7)9-3-2-8(13(14,15)16)5-10(9)18-11/h2-3,5,7,11-12,17H,4,6H2,1H3. The van der Waals surface area contributed by atoms with E-state index in [1.807, 2.05) is 0 Å². The van der Waals surface area contributed by atoms with Gasteiger partial charge in [0.2, 0.25) is 0 Å². The van der Waals surface area contributed by atoms with Crippen LogP contribution in [0.4, 0.5) is 13.2 Å². The lowest BCUT2D eigenvalue weighted by Gasteiger charge is -2.29. The Morgan fingerprint density at radius 1 is 1.33 bits per heavy atom. The van der Waals surface area contributed by atoms with E-state index in [9.17, 15) is 13.2 Å². The molecule has 1 aromatic carbocycles. The monoisotopic (exact) mass is 257 g/mol. The van der Waals surface area contributed by atoms with Crippen LogP contribution < -0.4 is 10.1 Å². The summed E-state index contributed by atoms with van der Waals surface area (Å²) >= 11 is 0. The maximum absolute atomic E-state index is 12.6. The van der Waals surface area contributed by atoms with Gasteiger partial charge in [-0.2, -0.15) is 13.2 Å². The molecule has 1 N–H and O–H groups in total. The molecule has 5 heteroatoms. The van der Waals surface area contributed by atoms with Gasteiger partial charge in [-0.25, -0.2) is 0 Å². The van der Waals surface area contributed by atoms with E-state index in [0.29, 0.717) is 11.7 Å². The van der Waals surface area contributed by atoms with Gasteiger partial charge in [-0.3, -0.25) is 0 Å². The van der Waals surface area contributed by atoms with Gasteiger partial charge >= 0.3 is 6.18 Å². The molecular weight excluding hydrogens is 243 g/mol. The molecule has 2 aliphatic rings. The number of fused-ring (bicyclic) bond motifs is 3. The summed E-state index contributed by atoms with van der Waals surface area (Å²) in [4.78, 5) is 0. The molecule has 0 aliphatic carbocycles. The number of hydrogen-bond donors (Lipinski definition) is 1. The van der Waals surface area contributed by atoms with Gasteiger partial charge in [0.25, 0.3) is 0 Å². The summed E-state index contributed by atoms with van der Waals surface area (Å²) in [5.41, 5.74) is 0.202. The number of halogens is 3. The number of benzene rings is 1. The van der Waals surface area contributed by atoms with E-state index in [1.54, 1.807) is 0 Å². The van der Waals surface area contributed by atoms with Crippen molar-refractivity contribution in [3.8, 4) is 5.75 Å². The lowest BCUT2D eigenvalue weighted by Crippen LogP contribution is -2.41. The topological polar surface area (TPSA) is 21.3 Å². The van der Waals surface area contributed by atoms with Gasteiger partial charge in [-0.1, -0.05) is 13.0 Å². The van der Waals surface area contributed by atoms with Gasteiger partial charge in [-0.05, 0) is 31.0 Å². The first kappa shape index (κ1) is 11.8. The molecule has 2 aliphatic heterocycles. The predicted molar refractivity (Wildman–Crippen MR) is 60.4 cm³/mol. The van der Waals surface area contributed by atoms with E-state index >= 15 is 0 Å². The molecule has 1 fully saturated rings. The molecule has 3 rings (SSSR count). The van der Waals surface area contributed by atoms with Crippen molar-refractivity contribution in [3.05, 3.63) is 29.3 Å². The van der Waals surface area contributed by atoms with Gasteiger partial charge in [0.1, 0.15) is 11.9 Å². The molecule has 1 saturated heterocycles. The number of piperidine rings is 1. The second-order valence-electron chi connectivity index (χ2n) is 5.13. The van der Waals surface area contributed by atoms with Crippen LogP contribution in [0.15, 0.2) is 18.2 Å². The van der Waals surface area contributed by atoms with E-state index in [1.165, 1.54) is 6.07 Å². The predicted octanol–water partition coefficient (Wildman–Crippen LogP) is 3.14. The maximum Gasteiger partial charge on any atom is 0.416 e. The number of hydrogen-bond acceptors (Lipinski definition) is 2. The van der Waals surface area contributed by atoms with Gasteiger partial charge in [0.05, 0.1) is 11.6 Å². The van der Waals surface area contributed by atoms with Gasteiger partial charge in [-0.15, -0.1) is 0 Å². The van der Waals surface area contributed by atoms with E-state index < -0.39 is 11.7 Å². The summed E-state index contributed by atoms with van der Waals surface area (Å²) in [7, 11) is 0. The first-order valence-corrected chi connectivity index (χ1v) is 6.06. The molecule has 0 saturated carbocycles. The Morgan fingerprint density at radius 3 is 2.83 bits per heavy atom. The van der Waals surface area contributed by atoms with Crippen molar-refractivity contribution in [2.75, 3.05) is 6.54 Å². The van der Waals surface area contributed by atoms with Crippen LogP contribution in [0.3, 0.4) is 0 Å². The molecule has 3 unspecified atom stereocenters. The van der Waals surface area contributed by atoms with Crippen molar-refractivity contribution in [2.24, 2.45) is 5.92 Å². The Kier molecular flexibility index (Phi) is 2.55. The highest BCUT2D eigenvalue weighted by atomic mass is 19.4. The summed E-state index contributed by atoms with van der Waals surface area (Å²) in [6.07, 6.45) is -3.46. The Hall–Kier alpha value is -1.23. The highest BCUT2D eigenvalue weighted by Crippen LogP contribution is 2.43. The molecule has 2 heterocycles. The first-order valence-electron chi connectivity index (χ1n) is 6.06. The third-order valence-electron chi connectivity index (χ3n) is 3.65. The minimum absolute atomic E-state index is 0.0350. The fourth-order valence-corrected chi connectivity index (χ4v) is 2.73. The average Bonchev–Trinajstić information content (AvgIpc) is 2.63. The normalized spacial score (nSPS) is 30.6. The molecule has 0 bridgehead atoms. The van der Waals surface area contributed by atoms with Crippen LogP contribution in [0.25, 0.3) is 0 Å². The highest BCUT2D eigenvalue weighted by molar-refractivity contribution is 5.44. The Morgan fingerprint density at radius 2 is 2.11 bits per heavy atom. The van der Waals surface area contributed by atoms with Crippen LogP contribution in [0.2, 0.25) is 0 Å². The number of rotatable bonds is 0. The molecular formula is C13H14F3NO. The molecule has 0 spiro atoms. The van der Waals surface area contributed by atoms with E-state index in [0.717, 1.165) is 30.7 Å². The molecule has 1 aromatic rings. The summed E-state index contributed by atoms with van der Waals surface area (Å²) < 4.78 is 43.5. The molecule has 0 amide bonds. The van der Waals surface area contributed by atoms with Crippen molar-refractivity contribution in [2.45, 2.75) is 31.7 Å². The number of ether oxygens (including phenoxy) is 1. The lowest BCUT2D eigenvalue weighted by molar-refractivity contribution is -0.137. The van der Waals surface area contributed by atoms with Gasteiger partial charge < -0.3 is 10.1 Å². The van der Waals surface area contributed by atoms with Crippen LogP contribution in [0, 0.1) is 5.92 Å². The summed E-state index contributed by atoms with van der Waals surface area (Å²) in [5.74, 6) is 0.865. The van der Waals surface area contributed by atoms with Crippen LogP contribution in [0.1, 0.15) is 30.5 Å². The van der Waals surface area contributed by atoms with E-state index in [2.05, 4.69) is 12.2 Å². The SMILES string of the molecule is CC1CNC2c3ccc(C(F)(F)F)cc3OC2C1. The minimum Gasteiger partial charge on any atom is -0.488 e. The molecule has 0 aromatic heterocycles. The smallest absolute Gasteiger partial charge is 0.416 e. The largest absolute Gasteiger partial charge is 0.488 e. The quantitative estimate of drug-likeness (QED) is 0.771. The Bertz CT molecular complexity index is 472. The fraction of sp³-hybridized carbons (Fsp3) is 0.538. The van der Waals surface area contributed by atoms with Crippen LogP contribution in [-0.2, 0) is 6.18 Å². The van der Waals surface area contributed by atoms with Gasteiger partial charge in [0, 0.05) is 5.56 Å². The number of alkyl halides is 3. The fourth-order valence-electron chi connectivity index (χ4n) is 2.73. The molecule has 2 nitrogen and oxygen atoms in total. The van der Waals surface area contributed by atoms with Crippen LogP contribution in [-0.4, -0.2) is 12.6 Å². The zero-order chi connectivity index (χ0) is 12.9. The third-order valence-corrected chi connectivity index (χ3v) is 3.65. The van der Waals surface area contributed by atoms with E-state index in [-0.39, 0.29) is 12.1 Å². The molecule has 0 radical (unpaired) electrons. The summed E-state index contributed by atoms with van der Waals surface area (Å²) in [6.45, 7) is 2.99. The zero-order valence-electron chi connectivity index (χ0n) is 9.92. The third kappa shape index (κ3) is 1.86. The zero-order valence-corrected chi connectivity index (χ0v) is 9.92. The second kappa shape index (κ2) is 3.88. The molecule has 3 atom stereocenters. The van der Waals surface area contributed by atoms with Crippen molar-refractivity contribution >= 4 is 0 Å². The summed E-state index contributed by atoms with van der Waals surface area (Å²) in [5, 5.41) is 3.34. The summed E-state index contributed by atoms with van der Waals surface area (Å²) in [6, 6.07) is 3.81. The Labute approximate surface area is 103 Å². The van der Waals surface area contributed by atoms with Crippen molar-refractivity contribution in [3.63, 3.8) is 0 Å². The van der Waals surface area contributed by atoms with Crippen molar-refractivity contribution in [1.29, 1.82) is 0 Å². The van der Waals surface area contributed by atoms with Crippen molar-refractivity contribution in [1.82, 2.24) is 5.32 Å². The highest BCUT2D eigenvalue weighted by Gasteiger charge is 2.40. The van der Waals surface area contributed by atoms with Gasteiger partial charge in [0.15, 0.2) is 0 Å². The maximum atomic E-state index is 12.6. The minimum atomic E-state index is -4.31. The molecule has 18 heavy (non-hydrogen) atoms. The lowest BCUT2D eigenvalue weighted by atomic mass is 9.91. The second-order valence-corrected chi connectivity index (χ2v) is 5.13. The average molecular weight is 257 g/mol. The van der Waals surface area contributed by atoms with Crippen LogP contribution in [0.5, 0.6) is 5.75 Å². The van der Waals surface area contributed by atoms with Crippen molar-refractivity contribution < 1.29 is 17.9 Å².